The fourth-order valence-corrected chi connectivity index (χ4v) is 13.3. The Morgan fingerprint density at radius 2 is 0.990 bits per heavy atom. The number of allylic oxidation sites excluding steroid dienone is 4. The van der Waals surface area contributed by atoms with Gasteiger partial charge in [-0.2, -0.15) is 0 Å². The monoisotopic (exact) mass is 1390 g/mol. The number of hydrogen-bond acceptors (Lipinski definition) is 20. The molecule has 0 bridgehead atoms. The Balaban J connectivity index is 1.47. The molecule has 14 N–H and O–H groups in total. The molecule has 0 saturated carbocycles. The minimum Gasteiger partial charge on any atom is -0.477 e. The van der Waals surface area contributed by atoms with E-state index in [-0.39, 0.29) is 18.9 Å². The molecule has 3 heterocycles. The summed E-state index contributed by atoms with van der Waals surface area (Å²) in [5.41, 5.74) is 0. The van der Waals surface area contributed by atoms with Crippen molar-refractivity contribution in [1.82, 2.24) is 10.6 Å². The number of nitrogens with one attached hydrogen (secondary N) is 2. The molecule has 18 atom stereocenters. The molecular formula is C74H136N2O21. The predicted molar refractivity (Wildman–Crippen MR) is 371 cm³/mol. The highest BCUT2D eigenvalue weighted by Crippen LogP contribution is 2.39. The Morgan fingerprint density at radius 3 is 1.44 bits per heavy atom. The number of aliphatic carboxylic acids is 1. The smallest absolute Gasteiger partial charge is 0.364 e. The van der Waals surface area contributed by atoms with Crippen LogP contribution in [0.1, 0.15) is 290 Å². The van der Waals surface area contributed by atoms with Gasteiger partial charge in [0.2, 0.25) is 11.8 Å². The fourth-order valence-electron chi connectivity index (χ4n) is 13.3. The summed E-state index contributed by atoms with van der Waals surface area (Å²) in [6.07, 6.45) is 27.7. The Morgan fingerprint density at radius 1 is 0.536 bits per heavy atom. The van der Waals surface area contributed by atoms with E-state index in [0.717, 1.165) is 64.7 Å². The van der Waals surface area contributed by atoms with E-state index in [2.05, 4.69) is 48.8 Å². The number of aliphatic hydroxyl groups is 11. The highest BCUT2D eigenvalue weighted by molar-refractivity contribution is 5.77. The predicted octanol–water partition coefficient (Wildman–Crippen LogP) is 8.79. The molecule has 2 amide bonds. The van der Waals surface area contributed by atoms with Crippen LogP contribution in [0.3, 0.4) is 0 Å². The number of hydrogen-bond donors (Lipinski definition) is 14. The molecule has 3 saturated heterocycles. The second-order valence-corrected chi connectivity index (χ2v) is 27.9. The molecule has 0 aliphatic carbocycles. The molecule has 3 aliphatic rings. The molecule has 18 unspecified atom stereocenters. The van der Waals surface area contributed by atoms with Crippen molar-refractivity contribution in [3.63, 3.8) is 0 Å². The zero-order chi connectivity index (χ0) is 71.1. The van der Waals surface area contributed by atoms with Crippen LogP contribution in [0.5, 0.6) is 0 Å². The van der Waals surface area contributed by atoms with Crippen molar-refractivity contribution in [2.75, 3.05) is 26.4 Å². The van der Waals surface area contributed by atoms with Gasteiger partial charge < -0.3 is 100 Å². The van der Waals surface area contributed by atoms with Gasteiger partial charge in [0.1, 0.15) is 67.1 Å². The van der Waals surface area contributed by atoms with Crippen LogP contribution < -0.4 is 10.6 Å². The standard InChI is InChI=1S/C74H136N2O21/c1-4-6-8-10-12-14-16-18-19-20-21-22-23-24-25-26-27-28-29-30-31-32-33-34-35-36-38-40-42-44-46-48-61(84)76-55(56(81)47-45-43-41-39-37-17-15-13-11-9-7-5-2)53-92-71-66(88)65(87)68(60(52-79)94-71)95-72-67(89)70(64(86)59(51-78)93-72)97-74(73(90)91)49-57(82)62(75-54(3)80)69(96-74)63(85)58(83)50-77/h21-22,24-25,55-60,62-72,77-79,81-83,85-89H,4-20,23,26-53H2,1-3H3,(H,75,80)(H,76,84)(H,90,91)/b22-21-,25-24-. The lowest BCUT2D eigenvalue weighted by Gasteiger charge is -2.50. The third kappa shape index (κ3) is 35.3. The summed E-state index contributed by atoms with van der Waals surface area (Å²) in [7, 11) is 0. The minimum absolute atomic E-state index is 0.224. The van der Waals surface area contributed by atoms with Crippen molar-refractivity contribution >= 4 is 17.8 Å². The first-order chi connectivity index (χ1) is 46.9. The Hall–Kier alpha value is -2.79. The number of aliphatic hydroxyl groups excluding tert-OH is 11. The number of ether oxygens (including phenoxy) is 6. The van der Waals surface area contributed by atoms with Gasteiger partial charge in [-0.3, -0.25) is 9.59 Å². The van der Waals surface area contributed by atoms with Gasteiger partial charge in [0, 0.05) is 19.8 Å². The molecule has 3 fully saturated rings. The van der Waals surface area contributed by atoms with E-state index in [0.29, 0.717) is 19.3 Å². The normalized spacial score (nSPS) is 27.5. The van der Waals surface area contributed by atoms with E-state index < -0.39 is 148 Å². The van der Waals surface area contributed by atoms with E-state index in [9.17, 15) is 75.7 Å². The molecule has 23 heteroatoms. The third-order valence-electron chi connectivity index (χ3n) is 19.4. The molecule has 568 valence electrons. The summed E-state index contributed by atoms with van der Waals surface area (Å²) < 4.78 is 34.9. The summed E-state index contributed by atoms with van der Waals surface area (Å²) in [6.45, 7) is 2.21. The second-order valence-electron chi connectivity index (χ2n) is 27.9. The fraction of sp³-hybridized carbons (Fsp3) is 0.905. The lowest BCUT2D eigenvalue weighted by Crippen LogP contribution is -2.70. The lowest BCUT2D eigenvalue weighted by molar-refractivity contribution is -0.386. The van der Waals surface area contributed by atoms with Crippen LogP contribution in [0, 0.1) is 0 Å². The van der Waals surface area contributed by atoms with Gasteiger partial charge in [0.05, 0.1) is 50.7 Å². The molecule has 0 aromatic heterocycles. The number of amides is 2. The van der Waals surface area contributed by atoms with E-state index in [4.69, 9.17) is 28.4 Å². The SMILES string of the molecule is CCCCCCCCCCC/C=C\C/C=C\CCCCCCCCCCCCCCCCCC(=O)NC(COC1OC(CO)C(OC2OC(CO)C(O)C(OC3(C(=O)O)CC(O)C(NC(C)=O)C(C(O)C(O)CO)O3)C2O)C(O)C1O)C(O)CCCCCCCCCCCCCC. The Kier molecular flexibility index (Phi) is 49.2. The lowest BCUT2D eigenvalue weighted by atomic mass is 9.88. The highest BCUT2D eigenvalue weighted by Gasteiger charge is 2.60. The van der Waals surface area contributed by atoms with Crippen molar-refractivity contribution in [3.05, 3.63) is 24.3 Å². The van der Waals surface area contributed by atoms with Crippen LogP contribution in [0.25, 0.3) is 0 Å². The first-order valence-corrected chi connectivity index (χ1v) is 38.2. The maximum Gasteiger partial charge on any atom is 0.364 e. The maximum absolute atomic E-state index is 13.5. The van der Waals surface area contributed by atoms with Crippen molar-refractivity contribution in [2.45, 2.75) is 400 Å². The van der Waals surface area contributed by atoms with Gasteiger partial charge in [-0.05, 0) is 44.9 Å². The molecule has 97 heavy (non-hydrogen) atoms. The maximum atomic E-state index is 13.5. The van der Waals surface area contributed by atoms with Crippen molar-refractivity contribution in [3.8, 4) is 0 Å². The van der Waals surface area contributed by atoms with Gasteiger partial charge >= 0.3 is 5.97 Å². The average Bonchev–Trinajstić information content (AvgIpc) is 0.757. The van der Waals surface area contributed by atoms with Crippen molar-refractivity contribution < 1.29 is 104 Å². The topological polar surface area (TPSA) is 373 Å². The Labute approximate surface area is 581 Å². The van der Waals surface area contributed by atoms with Gasteiger partial charge in [-0.15, -0.1) is 0 Å². The number of carbonyl (C=O) groups excluding carboxylic acids is 2. The van der Waals surface area contributed by atoms with E-state index in [1.807, 2.05) is 0 Å². The molecule has 0 aromatic carbocycles. The number of unbranched alkanes of at least 4 members (excludes halogenated alkanes) is 35. The quantitative estimate of drug-likeness (QED) is 0.0200. The molecule has 3 rings (SSSR count). The van der Waals surface area contributed by atoms with Gasteiger partial charge in [-0.1, -0.05) is 250 Å². The second kappa shape index (κ2) is 53.9. The number of carboxylic acid groups (broad SMARTS) is 1. The summed E-state index contributed by atoms with van der Waals surface area (Å²) in [5, 5.41) is 136. The van der Waals surface area contributed by atoms with Crippen LogP contribution >= 0.6 is 0 Å². The largest absolute Gasteiger partial charge is 0.477 e. The van der Waals surface area contributed by atoms with Crippen molar-refractivity contribution in [2.24, 2.45) is 0 Å². The molecule has 0 spiro atoms. The average molecular weight is 1390 g/mol. The number of carboxylic acids is 1. The van der Waals surface area contributed by atoms with Gasteiger partial charge in [0.15, 0.2) is 12.6 Å². The van der Waals surface area contributed by atoms with Crippen LogP contribution in [0.4, 0.5) is 0 Å². The Bertz CT molecular complexity index is 2040. The third-order valence-corrected chi connectivity index (χ3v) is 19.4. The highest BCUT2D eigenvalue weighted by atomic mass is 16.8. The van der Waals surface area contributed by atoms with Crippen LogP contribution in [0.2, 0.25) is 0 Å². The van der Waals surface area contributed by atoms with Crippen molar-refractivity contribution in [1.29, 1.82) is 0 Å². The zero-order valence-electron chi connectivity index (χ0n) is 59.7. The first kappa shape index (κ1) is 88.4. The van der Waals surface area contributed by atoms with Crippen LogP contribution in [0.15, 0.2) is 24.3 Å². The van der Waals surface area contributed by atoms with Gasteiger partial charge in [-0.25, -0.2) is 4.79 Å². The summed E-state index contributed by atoms with van der Waals surface area (Å²) >= 11 is 0. The first-order valence-electron chi connectivity index (χ1n) is 38.2. The van der Waals surface area contributed by atoms with Gasteiger partial charge in [0.25, 0.3) is 5.79 Å². The summed E-state index contributed by atoms with van der Waals surface area (Å²) in [5.74, 6) is -6.10. The molecule has 0 radical (unpaired) electrons. The summed E-state index contributed by atoms with van der Waals surface area (Å²) in [6, 6.07) is -2.53. The number of carbonyl (C=O) groups is 3. The van der Waals surface area contributed by atoms with E-state index >= 15 is 0 Å². The van der Waals surface area contributed by atoms with Crippen LogP contribution in [-0.2, 0) is 42.8 Å². The summed E-state index contributed by atoms with van der Waals surface area (Å²) in [4.78, 5) is 38.6. The molecular weight excluding hydrogens is 1250 g/mol. The van der Waals surface area contributed by atoms with Crippen LogP contribution in [-0.4, -0.2) is 215 Å². The van der Waals surface area contributed by atoms with E-state index in [1.165, 1.54) is 180 Å². The molecule has 0 aromatic rings. The molecule has 23 nitrogen and oxygen atoms in total. The minimum atomic E-state index is -3.08. The van der Waals surface area contributed by atoms with E-state index in [1.54, 1.807) is 0 Å². The number of rotatable bonds is 59. The molecule has 3 aliphatic heterocycles. The zero-order valence-corrected chi connectivity index (χ0v) is 59.7.